The zero-order chi connectivity index (χ0) is 22.3. The molecule has 0 fully saturated rings. The summed E-state index contributed by atoms with van der Waals surface area (Å²) in [5, 5.41) is 2.94. The van der Waals surface area contributed by atoms with E-state index in [0.717, 1.165) is 22.3 Å². The third-order valence-electron chi connectivity index (χ3n) is 4.98. The molecule has 2 aromatic carbocycles. The first kappa shape index (κ1) is 23.5. The summed E-state index contributed by atoms with van der Waals surface area (Å²) in [7, 11) is 0. The van der Waals surface area contributed by atoms with Gasteiger partial charge in [-0.3, -0.25) is 9.59 Å². The molecule has 1 atom stereocenters. The quantitative estimate of drug-likeness (QED) is 0.670. The molecule has 2 amide bonds. The molecule has 0 aliphatic carbocycles. The highest BCUT2D eigenvalue weighted by Crippen LogP contribution is 2.18. The summed E-state index contributed by atoms with van der Waals surface area (Å²) >= 11 is 0. The van der Waals surface area contributed by atoms with Gasteiger partial charge in [0.05, 0.1) is 0 Å². The summed E-state index contributed by atoms with van der Waals surface area (Å²) in [6.07, 6.45) is 0.528. The van der Waals surface area contributed by atoms with E-state index in [2.05, 4.69) is 11.4 Å². The van der Waals surface area contributed by atoms with Gasteiger partial charge in [-0.1, -0.05) is 37.3 Å². The standard InChI is InChI=1S/C25H34N2O3/c1-7-23(25(29)26-17(2)3)27(15-21-11-9-8-10-20(21)6)24(28)16-30-22-13-18(4)12-19(5)14-22/h8-14,17,23H,7,15-16H2,1-6H3,(H,26,29). The van der Waals surface area contributed by atoms with Crippen molar-refractivity contribution in [1.29, 1.82) is 0 Å². The van der Waals surface area contributed by atoms with Crippen molar-refractivity contribution in [2.24, 2.45) is 0 Å². The Labute approximate surface area is 180 Å². The summed E-state index contributed by atoms with van der Waals surface area (Å²) in [5.74, 6) is 0.320. The molecule has 1 unspecified atom stereocenters. The van der Waals surface area contributed by atoms with Gasteiger partial charge in [-0.15, -0.1) is 0 Å². The van der Waals surface area contributed by atoms with Crippen LogP contribution in [-0.4, -0.2) is 35.4 Å². The first-order valence-corrected chi connectivity index (χ1v) is 10.6. The third kappa shape index (κ3) is 6.61. The number of rotatable bonds is 9. The van der Waals surface area contributed by atoms with E-state index in [4.69, 9.17) is 4.74 Å². The lowest BCUT2D eigenvalue weighted by atomic mass is 10.1. The number of amides is 2. The maximum Gasteiger partial charge on any atom is 0.261 e. The summed E-state index contributed by atoms with van der Waals surface area (Å²) in [5.41, 5.74) is 4.27. The minimum absolute atomic E-state index is 0.00785. The zero-order valence-corrected chi connectivity index (χ0v) is 19.0. The second-order valence-electron chi connectivity index (χ2n) is 8.15. The monoisotopic (exact) mass is 410 g/mol. The van der Waals surface area contributed by atoms with Crippen LogP contribution in [0.1, 0.15) is 49.4 Å². The van der Waals surface area contributed by atoms with Crippen molar-refractivity contribution in [2.45, 2.75) is 66.6 Å². The van der Waals surface area contributed by atoms with Crippen LogP contribution in [0.25, 0.3) is 0 Å². The van der Waals surface area contributed by atoms with Gasteiger partial charge in [-0.05, 0) is 75.4 Å². The predicted octanol–water partition coefficient (Wildman–Crippen LogP) is 4.32. The van der Waals surface area contributed by atoms with Crippen LogP contribution in [0.5, 0.6) is 5.75 Å². The molecule has 5 heteroatoms. The van der Waals surface area contributed by atoms with Gasteiger partial charge in [0.25, 0.3) is 5.91 Å². The average Bonchev–Trinajstić information content (AvgIpc) is 2.66. The number of benzene rings is 2. The molecule has 0 aliphatic heterocycles. The lowest BCUT2D eigenvalue weighted by Crippen LogP contribution is -2.51. The molecule has 1 N–H and O–H groups in total. The summed E-state index contributed by atoms with van der Waals surface area (Å²) in [4.78, 5) is 27.7. The van der Waals surface area contributed by atoms with Crippen LogP contribution in [-0.2, 0) is 16.1 Å². The lowest BCUT2D eigenvalue weighted by molar-refractivity contribution is -0.143. The van der Waals surface area contributed by atoms with Gasteiger partial charge in [0.2, 0.25) is 5.91 Å². The van der Waals surface area contributed by atoms with Crippen molar-refractivity contribution >= 4 is 11.8 Å². The number of ether oxygens (including phenoxy) is 1. The molecule has 5 nitrogen and oxygen atoms in total. The van der Waals surface area contributed by atoms with Crippen molar-refractivity contribution in [3.8, 4) is 5.75 Å². The van der Waals surface area contributed by atoms with Crippen LogP contribution in [0, 0.1) is 20.8 Å². The molecular weight excluding hydrogens is 376 g/mol. The maximum atomic E-state index is 13.2. The molecule has 0 aromatic heterocycles. The lowest BCUT2D eigenvalue weighted by Gasteiger charge is -2.31. The van der Waals surface area contributed by atoms with Gasteiger partial charge in [0, 0.05) is 12.6 Å². The second-order valence-corrected chi connectivity index (χ2v) is 8.15. The largest absolute Gasteiger partial charge is 0.484 e. The van der Waals surface area contributed by atoms with E-state index in [1.807, 2.05) is 77.9 Å². The number of carbonyl (C=O) groups excluding carboxylic acids is 2. The Kier molecular flexibility index (Phi) is 8.46. The van der Waals surface area contributed by atoms with Crippen LogP contribution >= 0.6 is 0 Å². The van der Waals surface area contributed by atoms with Crippen molar-refractivity contribution in [3.63, 3.8) is 0 Å². The van der Waals surface area contributed by atoms with Gasteiger partial charge in [-0.25, -0.2) is 0 Å². The van der Waals surface area contributed by atoms with Crippen LogP contribution in [0.2, 0.25) is 0 Å². The summed E-state index contributed by atoms with van der Waals surface area (Å²) < 4.78 is 5.81. The number of hydrogen-bond donors (Lipinski definition) is 1. The first-order chi connectivity index (χ1) is 14.2. The van der Waals surface area contributed by atoms with Gasteiger partial charge in [0.15, 0.2) is 6.61 Å². The summed E-state index contributed by atoms with van der Waals surface area (Å²) in [6, 6.07) is 13.3. The third-order valence-corrected chi connectivity index (χ3v) is 4.98. The molecule has 30 heavy (non-hydrogen) atoms. The fraction of sp³-hybridized carbons (Fsp3) is 0.440. The van der Waals surface area contributed by atoms with Crippen molar-refractivity contribution in [3.05, 3.63) is 64.7 Å². The Bertz CT molecular complexity index is 856. The minimum Gasteiger partial charge on any atom is -0.484 e. The number of nitrogens with one attached hydrogen (secondary N) is 1. The highest BCUT2D eigenvalue weighted by atomic mass is 16.5. The van der Waals surface area contributed by atoms with E-state index >= 15 is 0 Å². The zero-order valence-electron chi connectivity index (χ0n) is 19.0. The number of nitrogens with zero attached hydrogens (tertiary/aromatic N) is 1. The van der Waals surface area contributed by atoms with Crippen molar-refractivity contribution in [1.82, 2.24) is 10.2 Å². The molecule has 0 bridgehead atoms. The predicted molar refractivity (Wildman–Crippen MR) is 120 cm³/mol. The second kappa shape index (κ2) is 10.8. The van der Waals surface area contributed by atoms with Gasteiger partial charge in [-0.2, -0.15) is 0 Å². The molecule has 0 spiro atoms. The molecule has 0 radical (unpaired) electrons. The molecular formula is C25H34N2O3. The van der Waals surface area contributed by atoms with E-state index in [9.17, 15) is 9.59 Å². The Morgan fingerprint density at radius 2 is 1.67 bits per heavy atom. The van der Waals surface area contributed by atoms with E-state index in [1.54, 1.807) is 4.90 Å². The molecule has 0 saturated carbocycles. The Hall–Kier alpha value is -2.82. The normalized spacial score (nSPS) is 11.8. The summed E-state index contributed by atoms with van der Waals surface area (Å²) in [6.45, 7) is 12.0. The first-order valence-electron chi connectivity index (χ1n) is 10.6. The average molecular weight is 411 g/mol. The number of hydrogen-bond acceptors (Lipinski definition) is 3. The topological polar surface area (TPSA) is 58.6 Å². The van der Waals surface area contributed by atoms with Crippen LogP contribution in [0.15, 0.2) is 42.5 Å². The number of carbonyl (C=O) groups is 2. The fourth-order valence-corrected chi connectivity index (χ4v) is 3.52. The van der Waals surface area contributed by atoms with Gasteiger partial charge in [0.1, 0.15) is 11.8 Å². The highest BCUT2D eigenvalue weighted by Gasteiger charge is 2.29. The Balaban J connectivity index is 2.25. The van der Waals surface area contributed by atoms with Crippen molar-refractivity contribution in [2.75, 3.05) is 6.61 Å². The molecule has 2 rings (SSSR count). The molecule has 0 heterocycles. The van der Waals surface area contributed by atoms with E-state index in [1.165, 1.54) is 0 Å². The van der Waals surface area contributed by atoms with E-state index in [-0.39, 0.29) is 24.5 Å². The van der Waals surface area contributed by atoms with Gasteiger partial charge < -0.3 is 15.0 Å². The Morgan fingerprint density at radius 3 is 2.23 bits per heavy atom. The highest BCUT2D eigenvalue weighted by molar-refractivity contribution is 5.88. The maximum absolute atomic E-state index is 13.2. The Morgan fingerprint density at radius 1 is 1.03 bits per heavy atom. The van der Waals surface area contributed by atoms with Crippen LogP contribution in [0.4, 0.5) is 0 Å². The molecule has 162 valence electrons. The minimum atomic E-state index is -0.553. The van der Waals surface area contributed by atoms with E-state index < -0.39 is 6.04 Å². The fourth-order valence-electron chi connectivity index (χ4n) is 3.52. The molecule has 2 aromatic rings. The molecule has 0 saturated heterocycles. The number of aryl methyl sites for hydroxylation is 3. The van der Waals surface area contributed by atoms with E-state index in [0.29, 0.717) is 18.7 Å². The SMILES string of the molecule is CCC(C(=O)NC(C)C)N(Cc1ccccc1C)C(=O)COc1cc(C)cc(C)c1. The van der Waals surface area contributed by atoms with Gasteiger partial charge >= 0.3 is 0 Å². The molecule has 0 aliphatic rings. The van der Waals surface area contributed by atoms with Crippen molar-refractivity contribution < 1.29 is 14.3 Å². The van der Waals surface area contributed by atoms with Crippen LogP contribution < -0.4 is 10.1 Å². The van der Waals surface area contributed by atoms with Crippen LogP contribution in [0.3, 0.4) is 0 Å². The smallest absolute Gasteiger partial charge is 0.261 e.